The molecule has 0 aromatic carbocycles. The molecule has 4 aromatic heterocycles. The Morgan fingerprint density at radius 3 is 1.36 bits per heavy atom. The Morgan fingerprint density at radius 2 is 1.04 bits per heavy atom. The number of imidazole rings is 2. The number of pyridine rings is 2. The van der Waals surface area contributed by atoms with E-state index in [2.05, 4.69) is 20.6 Å². The van der Waals surface area contributed by atoms with Crippen molar-refractivity contribution in [1.82, 2.24) is 48.7 Å². The first kappa shape index (κ1) is 48.6. The van der Waals surface area contributed by atoms with E-state index in [1.54, 1.807) is 46.1 Å². The largest absolute Gasteiger partial charge is 0.396 e. The van der Waals surface area contributed by atoms with E-state index >= 15 is 0 Å². The number of rotatable bonds is 14. The van der Waals surface area contributed by atoms with Crippen LogP contribution in [0.1, 0.15) is 98.4 Å². The number of carbonyl (C=O) groups excluding carboxylic acids is 4. The van der Waals surface area contributed by atoms with Gasteiger partial charge in [-0.2, -0.15) is 0 Å². The highest BCUT2D eigenvalue weighted by Gasteiger charge is 2.60. The number of carbonyl (C=O) groups is 4. The minimum Gasteiger partial charge on any atom is -0.396 e. The van der Waals surface area contributed by atoms with Crippen LogP contribution in [0, 0.1) is 35.5 Å². The Labute approximate surface area is 407 Å². The van der Waals surface area contributed by atoms with Gasteiger partial charge in [0, 0.05) is 125 Å². The van der Waals surface area contributed by atoms with Crippen molar-refractivity contribution in [1.29, 1.82) is 0 Å². The van der Waals surface area contributed by atoms with Crippen LogP contribution >= 0.6 is 0 Å². The molecule has 2 aliphatic carbocycles. The average molecular weight is 959 g/mol. The third kappa shape index (κ3) is 8.88. The van der Waals surface area contributed by atoms with E-state index in [-0.39, 0.29) is 72.9 Å². The van der Waals surface area contributed by atoms with Gasteiger partial charge in [0.25, 0.3) is 11.1 Å². The first-order valence-corrected chi connectivity index (χ1v) is 25.0. The maximum atomic E-state index is 13.6. The normalized spacial score (nSPS) is 25.5. The lowest BCUT2D eigenvalue weighted by atomic mass is 9.83. The minimum atomic E-state index is -0.626. The zero-order valence-electron chi connectivity index (χ0n) is 40.5. The predicted octanol–water partition coefficient (Wildman–Crippen LogP) is 2.53. The summed E-state index contributed by atoms with van der Waals surface area (Å²) in [6.07, 6.45) is 21.1. The molecule has 372 valence electrons. The number of fused-ring (bicyclic) bond motifs is 8. The molecule has 70 heavy (non-hydrogen) atoms. The summed E-state index contributed by atoms with van der Waals surface area (Å²) in [5.74, 6) is -2.51. The summed E-state index contributed by atoms with van der Waals surface area (Å²) in [5.41, 5.74) is 4.01. The number of aromatic nitrogens is 6. The minimum absolute atomic E-state index is 0.0362. The van der Waals surface area contributed by atoms with Crippen LogP contribution in [-0.2, 0) is 59.2 Å². The van der Waals surface area contributed by atoms with Crippen molar-refractivity contribution < 1.29 is 29.4 Å². The molecule has 10 rings (SSSR count). The monoisotopic (exact) mass is 959 g/mol. The van der Waals surface area contributed by atoms with Crippen molar-refractivity contribution in [3.05, 3.63) is 116 Å². The van der Waals surface area contributed by atoms with Crippen LogP contribution < -0.4 is 21.8 Å². The van der Waals surface area contributed by atoms with Gasteiger partial charge in [-0.15, -0.1) is 0 Å². The highest BCUT2D eigenvalue weighted by molar-refractivity contribution is 5.87. The number of allylic oxidation sites excluding steroid dienone is 2. The first-order chi connectivity index (χ1) is 33.9. The van der Waals surface area contributed by atoms with Crippen LogP contribution in [-0.4, -0.2) is 110 Å². The molecule has 0 unspecified atom stereocenters. The lowest BCUT2D eigenvalue weighted by Gasteiger charge is -2.41. The third-order valence-electron chi connectivity index (χ3n) is 15.7. The summed E-state index contributed by atoms with van der Waals surface area (Å²) >= 11 is 0. The van der Waals surface area contributed by atoms with Crippen LogP contribution in [0.3, 0.4) is 0 Å². The van der Waals surface area contributed by atoms with Gasteiger partial charge >= 0.3 is 0 Å². The van der Waals surface area contributed by atoms with Gasteiger partial charge in [-0.25, -0.2) is 9.97 Å². The number of aryl methyl sites for hydroxylation is 2. The van der Waals surface area contributed by atoms with E-state index in [1.165, 1.54) is 0 Å². The van der Waals surface area contributed by atoms with E-state index in [4.69, 9.17) is 0 Å². The lowest BCUT2D eigenvalue weighted by molar-refractivity contribution is -0.144. The van der Waals surface area contributed by atoms with Gasteiger partial charge in [0.2, 0.25) is 23.6 Å². The van der Waals surface area contributed by atoms with Crippen LogP contribution in [0.4, 0.5) is 0 Å². The van der Waals surface area contributed by atoms with Crippen molar-refractivity contribution in [2.24, 2.45) is 49.6 Å². The molecule has 6 aliphatic rings. The summed E-state index contributed by atoms with van der Waals surface area (Å²) < 4.78 is 7.14. The summed E-state index contributed by atoms with van der Waals surface area (Å²) in [4.78, 5) is 92.9. The van der Waals surface area contributed by atoms with E-state index in [9.17, 15) is 39.0 Å². The highest BCUT2D eigenvalue weighted by atomic mass is 16.3. The van der Waals surface area contributed by atoms with Gasteiger partial charge in [0.1, 0.15) is 0 Å². The summed E-state index contributed by atoms with van der Waals surface area (Å²) in [6.45, 7) is 4.67. The number of amides is 4. The van der Waals surface area contributed by atoms with E-state index in [0.717, 1.165) is 49.9 Å². The molecule has 4 amide bonds. The smallest absolute Gasteiger partial charge is 0.258 e. The molecule has 4 aliphatic heterocycles. The summed E-state index contributed by atoms with van der Waals surface area (Å²) in [5, 5.41) is 26.8. The Kier molecular flexibility index (Phi) is 14.2. The second kappa shape index (κ2) is 20.5. The molecule has 2 saturated carbocycles. The molecule has 4 bridgehead atoms. The van der Waals surface area contributed by atoms with E-state index in [0.29, 0.717) is 48.4 Å². The zero-order valence-corrected chi connectivity index (χ0v) is 40.5. The number of aliphatic hydroxyl groups excluding tert-OH is 2. The van der Waals surface area contributed by atoms with Crippen molar-refractivity contribution in [3.8, 4) is 0 Å². The molecule has 8 atom stereocenters. The fourth-order valence-corrected chi connectivity index (χ4v) is 11.9. The van der Waals surface area contributed by atoms with Crippen molar-refractivity contribution >= 4 is 35.8 Å². The topological polar surface area (TPSA) is 219 Å². The molecule has 18 heteroatoms. The predicted molar refractivity (Wildman–Crippen MR) is 260 cm³/mol. The molecule has 0 spiro atoms. The molecule has 4 fully saturated rings. The fraction of sp³-hybridized carbons (Fsp3) is 0.538. The number of nitrogens with one attached hydrogen (secondary N) is 2. The Balaban J connectivity index is 0.000000174. The lowest BCUT2D eigenvalue weighted by Crippen LogP contribution is -2.51. The van der Waals surface area contributed by atoms with Gasteiger partial charge in [0.15, 0.2) is 0 Å². The van der Waals surface area contributed by atoms with Crippen molar-refractivity contribution in [3.63, 3.8) is 0 Å². The standard InChI is InChI=1S/2C26H33N5O4/c2*1-3-5-16-8-9-20-23-22(24(33)27-11-10-18-12-29(2)15-28-18)19(14-32)21(13-30(20)25(16)34)31(23)26(35)17-6-4-7-17/h2*3,5,8-9,12,15,17,19,21-23,32H,4,6-7,10-11,13-14H2,1-2H3,(H,27,33)/b5-3+;5-3-/t2*19-,21-,22+,23+/m11/s1. The van der Waals surface area contributed by atoms with Crippen molar-refractivity contribution in [2.75, 3.05) is 26.3 Å². The Hall–Kier alpha value is -6.40. The van der Waals surface area contributed by atoms with Crippen LogP contribution in [0.25, 0.3) is 12.2 Å². The van der Waals surface area contributed by atoms with Gasteiger partial charge in [0.05, 0.1) is 60.0 Å². The van der Waals surface area contributed by atoms with Crippen LogP contribution in [0.15, 0.2) is 71.1 Å². The summed E-state index contributed by atoms with van der Waals surface area (Å²) in [6, 6.07) is 5.35. The van der Waals surface area contributed by atoms with Gasteiger partial charge < -0.3 is 48.9 Å². The molecule has 8 heterocycles. The van der Waals surface area contributed by atoms with Gasteiger partial charge in [-0.05, 0) is 63.8 Å². The number of aliphatic hydroxyl groups is 2. The number of hydrogen-bond donors (Lipinski definition) is 4. The second-order valence-corrected chi connectivity index (χ2v) is 19.9. The quantitative estimate of drug-likeness (QED) is 0.145. The highest BCUT2D eigenvalue weighted by Crippen LogP contribution is 2.51. The average Bonchev–Trinajstić information content (AvgIpc) is 4.04. The second-order valence-electron chi connectivity index (χ2n) is 19.9. The van der Waals surface area contributed by atoms with Gasteiger partial charge in [-0.1, -0.05) is 37.1 Å². The van der Waals surface area contributed by atoms with Crippen LogP contribution in [0.2, 0.25) is 0 Å². The fourth-order valence-electron chi connectivity index (χ4n) is 11.9. The molecule has 18 nitrogen and oxygen atoms in total. The van der Waals surface area contributed by atoms with E-state index < -0.39 is 47.8 Å². The Morgan fingerprint density at radius 1 is 0.643 bits per heavy atom. The molecule has 4 N–H and O–H groups in total. The Bertz CT molecular complexity index is 2610. The number of nitrogens with zero attached hydrogens (tertiary/aromatic N) is 8. The zero-order chi connectivity index (χ0) is 49.4. The van der Waals surface area contributed by atoms with Gasteiger partial charge in [-0.3, -0.25) is 28.8 Å². The first-order valence-electron chi connectivity index (χ1n) is 25.0. The maximum Gasteiger partial charge on any atom is 0.258 e. The molecule has 2 saturated heterocycles. The maximum absolute atomic E-state index is 13.6. The third-order valence-corrected chi connectivity index (χ3v) is 15.7. The molecule has 0 radical (unpaired) electrons. The van der Waals surface area contributed by atoms with Crippen LogP contribution in [0.5, 0.6) is 0 Å². The molecular formula is C52H66N10O8. The van der Waals surface area contributed by atoms with E-state index in [1.807, 2.05) is 83.6 Å². The summed E-state index contributed by atoms with van der Waals surface area (Å²) in [7, 11) is 3.79. The van der Waals surface area contributed by atoms with Crippen molar-refractivity contribution in [2.45, 2.75) is 102 Å². The molecule has 4 aromatic rings. The SMILES string of the molecule is C/C=C/c1ccc2n(c1=O)C[C@@H]1[C@@H](CO)[C@H](C(=O)NCCc3cn(C)cn3)[C@H]2N1C(=O)C1CCC1.C/C=C\c1ccc2n(c1=O)C[C@@H]1[C@@H](CO)[C@H](C(=O)NCCc3cn(C)cn3)[C@H]2N1C(=O)C1CCC1. The number of hydrogen-bond acceptors (Lipinski definition) is 10. The molecular weight excluding hydrogens is 893 g/mol.